The first-order chi connectivity index (χ1) is 14.1. The van der Waals surface area contributed by atoms with Crippen LogP contribution < -0.4 is 5.32 Å². The Hall–Kier alpha value is -2.92. The van der Waals surface area contributed by atoms with E-state index in [1.165, 1.54) is 0 Å². The van der Waals surface area contributed by atoms with Gasteiger partial charge in [-0.2, -0.15) is 5.10 Å². The summed E-state index contributed by atoms with van der Waals surface area (Å²) in [4.78, 5) is 12.8. The first kappa shape index (κ1) is 20.8. The van der Waals surface area contributed by atoms with E-state index in [9.17, 15) is 4.79 Å². The Bertz CT molecular complexity index is 889. The molecular weight excluding hydrogens is 362 g/mol. The number of carbonyl (C=O) groups is 1. The number of benzene rings is 2. The van der Waals surface area contributed by atoms with E-state index in [0.717, 1.165) is 24.2 Å². The number of amides is 1. The van der Waals surface area contributed by atoms with Crippen LogP contribution in [0.5, 0.6) is 0 Å². The van der Waals surface area contributed by atoms with Crippen molar-refractivity contribution >= 4 is 5.91 Å². The lowest BCUT2D eigenvalue weighted by Gasteiger charge is -2.08. The van der Waals surface area contributed by atoms with Crippen LogP contribution in [0.2, 0.25) is 0 Å². The van der Waals surface area contributed by atoms with Crippen molar-refractivity contribution in [1.82, 2.24) is 15.1 Å². The molecule has 1 heterocycles. The quantitative estimate of drug-likeness (QED) is 0.522. The van der Waals surface area contributed by atoms with Gasteiger partial charge in [0.2, 0.25) is 0 Å². The van der Waals surface area contributed by atoms with Crippen LogP contribution in [0.25, 0.3) is 11.3 Å². The summed E-state index contributed by atoms with van der Waals surface area (Å²) in [5.74, 6) is 0.417. The fourth-order valence-corrected chi connectivity index (χ4v) is 3.04. The van der Waals surface area contributed by atoms with Gasteiger partial charge in [-0.1, -0.05) is 74.5 Å². The first-order valence-electron chi connectivity index (χ1n) is 10.2. The van der Waals surface area contributed by atoms with Gasteiger partial charge in [-0.25, -0.2) is 0 Å². The SMILES string of the molecule is CC(C)COCCCNC(=O)c1cn(Cc2ccccc2)nc1-c1ccccc1. The van der Waals surface area contributed by atoms with Crippen LogP contribution in [0.15, 0.2) is 66.9 Å². The van der Waals surface area contributed by atoms with Crippen LogP contribution in [0.4, 0.5) is 0 Å². The molecule has 0 atom stereocenters. The summed E-state index contributed by atoms with van der Waals surface area (Å²) in [7, 11) is 0. The largest absolute Gasteiger partial charge is 0.381 e. The van der Waals surface area contributed by atoms with E-state index in [4.69, 9.17) is 9.84 Å². The van der Waals surface area contributed by atoms with Crippen molar-refractivity contribution < 1.29 is 9.53 Å². The molecule has 0 aliphatic carbocycles. The molecule has 0 bridgehead atoms. The van der Waals surface area contributed by atoms with Gasteiger partial charge in [0.15, 0.2) is 0 Å². The molecular formula is C24H29N3O2. The lowest BCUT2D eigenvalue weighted by molar-refractivity contribution is 0.0925. The van der Waals surface area contributed by atoms with Crippen LogP contribution in [0.3, 0.4) is 0 Å². The molecule has 0 fully saturated rings. The number of hydrogen-bond acceptors (Lipinski definition) is 3. The number of nitrogens with one attached hydrogen (secondary N) is 1. The van der Waals surface area contributed by atoms with Crippen molar-refractivity contribution in [2.45, 2.75) is 26.8 Å². The van der Waals surface area contributed by atoms with Gasteiger partial charge in [-0.3, -0.25) is 9.48 Å². The van der Waals surface area contributed by atoms with Crippen molar-refractivity contribution in [2.24, 2.45) is 5.92 Å². The maximum atomic E-state index is 12.8. The molecule has 3 aromatic rings. The van der Waals surface area contributed by atoms with Crippen LogP contribution in [0, 0.1) is 5.92 Å². The van der Waals surface area contributed by atoms with Gasteiger partial charge in [0.1, 0.15) is 5.69 Å². The normalized spacial score (nSPS) is 11.0. The number of carbonyl (C=O) groups excluding carboxylic acids is 1. The number of ether oxygens (including phenoxy) is 1. The minimum absolute atomic E-state index is 0.105. The predicted molar refractivity (Wildman–Crippen MR) is 116 cm³/mol. The van der Waals surface area contributed by atoms with E-state index in [1.54, 1.807) is 0 Å². The second-order valence-electron chi connectivity index (χ2n) is 7.52. The Kier molecular flexibility index (Phi) is 7.59. The molecule has 3 rings (SSSR count). The van der Waals surface area contributed by atoms with E-state index in [2.05, 4.69) is 31.3 Å². The molecule has 0 spiro atoms. The highest BCUT2D eigenvalue weighted by Gasteiger charge is 2.17. The fraction of sp³-hybridized carbons (Fsp3) is 0.333. The van der Waals surface area contributed by atoms with Gasteiger partial charge in [-0.15, -0.1) is 0 Å². The minimum Gasteiger partial charge on any atom is -0.381 e. The third kappa shape index (κ3) is 6.29. The minimum atomic E-state index is -0.105. The van der Waals surface area contributed by atoms with Gasteiger partial charge < -0.3 is 10.1 Å². The Balaban J connectivity index is 1.69. The molecule has 1 amide bonds. The highest BCUT2D eigenvalue weighted by molar-refractivity contribution is 5.99. The van der Waals surface area contributed by atoms with Crippen LogP contribution in [0.1, 0.15) is 36.2 Å². The fourth-order valence-electron chi connectivity index (χ4n) is 3.04. The zero-order valence-corrected chi connectivity index (χ0v) is 17.2. The third-order valence-electron chi connectivity index (χ3n) is 4.44. The Morgan fingerprint density at radius 1 is 1.07 bits per heavy atom. The molecule has 152 valence electrons. The average molecular weight is 392 g/mol. The number of aromatic nitrogens is 2. The molecule has 1 N–H and O–H groups in total. The monoisotopic (exact) mass is 391 g/mol. The van der Waals surface area contributed by atoms with E-state index < -0.39 is 0 Å². The predicted octanol–water partition coefficient (Wildman–Crippen LogP) is 4.39. The molecule has 0 aliphatic heterocycles. The van der Waals surface area contributed by atoms with Crippen molar-refractivity contribution in [3.8, 4) is 11.3 Å². The first-order valence-corrected chi connectivity index (χ1v) is 10.2. The van der Waals surface area contributed by atoms with Crippen molar-refractivity contribution in [1.29, 1.82) is 0 Å². The number of nitrogens with zero attached hydrogens (tertiary/aromatic N) is 2. The standard InChI is InChI=1S/C24H29N3O2/c1-19(2)18-29-15-9-14-25-24(28)22-17-27(16-20-10-5-3-6-11-20)26-23(22)21-12-7-4-8-13-21/h3-8,10-13,17,19H,9,14-16,18H2,1-2H3,(H,25,28). The van der Waals surface area contributed by atoms with E-state index in [-0.39, 0.29) is 5.91 Å². The molecule has 2 aromatic carbocycles. The maximum absolute atomic E-state index is 12.8. The zero-order chi connectivity index (χ0) is 20.5. The molecule has 0 aliphatic rings. The molecule has 29 heavy (non-hydrogen) atoms. The molecule has 0 radical (unpaired) electrons. The highest BCUT2D eigenvalue weighted by Crippen LogP contribution is 2.22. The molecule has 5 heteroatoms. The smallest absolute Gasteiger partial charge is 0.255 e. The summed E-state index contributed by atoms with van der Waals surface area (Å²) in [5.41, 5.74) is 3.37. The number of rotatable bonds is 10. The summed E-state index contributed by atoms with van der Waals surface area (Å²) in [6.45, 7) is 6.85. The van der Waals surface area contributed by atoms with Gasteiger partial charge in [0.25, 0.3) is 5.91 Å². The van der Waals surface area contributed by atoms with Crippen LogP contribution in [-0.2, 0) is 11.3 Å². The van der Waals surface area contributed by atoms with Gasteiger partial charge >= 0.3 is 0 Å². The second-order valence-corrected chi connectivity index (χ2v) is 7.52. The second kappa shape index (κ2) is 10.6. The summed E-state index contributed by atoms with van der Waals surface area (Å²) in [5, 5.41) is 7.71. The van der Waals surface area contributed by atoms with Crippen molar-refractivity contribution in [3.05, 3.63) is 78.0 Å². The van der Waals surface area contributed by atoms with Crippen LogP contribution >= 0.6 is 0 Å². The summed E-state index contributed by atoms with van der Waals surface area (Å²) < 4.78 is 7.41. The molecule has 0 saturated heterocycles. The van der Waals surface area contributed by atoms with E-state index >= 15 is 0 Å². The van der Waals surface area contributed by atoms with Gasteiger partial charge in [-0.05, 0) is 17.9 Å². The summed E-state index contributed by atoms with van der Waals surface area (Å²) >= 11 is 0. The Morgan fingerprint density at radius 2 is 1.76 bits per heavy atom. The molecule has 5 nitrogen and oxygen atoms in total. The molecule has 0 saturated carbocycles. The summed E-state index contributed by atoms with van der Waals surface area (Å²) in [6, 6.07) is 19.9. The Labute approximate surface area is 172 Å². The maximum Gasteiger partial charge on any atom is 0.255 e. The number of hydrogen-bond donors (Lipinski definition) is 1. The van der Waals surface area contributed by atoms with Gasteiger partial charge in [0.05, 0.1) is 12.1 Å². The zero-order valence-electron chi connectivity index (χ0n) is 17.2. The molecule has 0 unspecified atom stereocenters. The van der Waals surface area contributed by atoms with Crippen molar-refractivity contribution in [2.75, 3.05) is 19.8 Å². The van der Waals surface area contributed by atoms with E-state index in [0.29, 0.717) is 36.9 Å². The molecule has 1 aromatic heterocycles. The third-order valence-corrected chi connectivity index (χ3v) is 4.44. The topological polar surface area (TPSA) is 56.1 Å². The highest BCUT2D eigenvalue weighted by atomic mass is 16.5. The van der Waals surface area contributed by atoms with Gasteiger partial charge in [0, 0.05) is 31.5 Å². The van der Waals surface area contributed by atoms with E-state index in [1.807, 2.05) is 59.4 Å². The van der Waals surface area contributed by atoms with Crippen LogP contribution in [-0.4, -0.2) is 35.4 Å². The summed E-state index contributed by atoms with van der Waals surface area (Å²) in [6.07, 6.45) is 2.62. The lowest BCUT2D eigenvalue weighted by Crippen LogP contribution is -2.25. The average Bonchev–Trinajstić information content (AvgIpc) is 3.15. The Morgan fingerprint density at radius 3 is 2.45 bits per heavy atom. The lowest BCUT2D eigenvalue weighted by atomic mass is 10.1. The van der Waals surface area contributed by atoms with Crippen molar-refractivity contribution in [3.63, 3.8) is 0 Å².